The van der Waals surface area contributed by atoms with Crippen molar-refractivity contribution in [3.8, 4) is 11.3 Å². The number of para-hydroxylation sites is 1. The van der Waals surface area contributed by atoms with Gasteiger partial charge in [-0.1, -0.05) is 18.2 Å². The molecule has 3 N–H and O–H groups in total. The molecule has 0 fully saturated rings. The summed E-state index contributed by atoms with van der Waals surface area (Å²) in [5.41, 5.74) is 10.8. The number of fused-ring (bicyclic) bond motifs is 1. The molecule has 3 rings (SSSR count). The number of benzene rings is 1. The van der Waals surface area contributed by atoms with Crippen molar-refractivity contribution >= 4 is 16.6 Å². The van der Waals surface area contributed by atoms with Crippen LogP contribution in [0.2, 0.25) is 0 Å². The Kier molecular flexibility index (Phi) is 2.11. The van der Waals surface area contributed by atoms with Crippen LogP contribution < -0.4 is 5.73 Å². The predicted octanol–water partition coefficient (Wildman–Crippen LogP) is 3.12. The highest BCUT2D eigenvalue weighted by atomic mass is 14.7. The number of hydrogen-bond donors (Lipinski definition) is 2. The number of nitrogens with one attached hydrogen (secondary N) is 1. The SMILES string of the molecule is Cc1cc(-c2c[nH]c3ccccc23)ncc1N. The first-order valence-electron chi connectivity index (χ1n) is 5.54. The van der Waals surface area contributed by atoms with Crippen LogP contribution in [0.25, 0.3) is 22.2 Å². The van der Waals surface area contributed by atoms with E-state index in [9.17, 15) is 0 Å². The molecule has 1 aromatic carbocycles. The van der Waals surface area contributed by atoms with Gasteiger partial charge >= 0.3 is 0 Å². The lowest BCUT2D eigenvalue weighted by Crippen LogP contribution is -1.92. The Labute approximate surface area is 99.3 Å². The van der Waals surface area contributed by atoms with Crippen LogP contribution in [0.3, 0.4) is 0 Å². The van der Waals surface area contributed by atoms with Gasteiger partial charge in [0.05, 0.1) is 17.6 Å². The standard InChI is InChI=1S/C14H13N3/c1-9-6-14(17-8-12(9)15)11-7-16-13-5-3-2-4-10(11)13/h2-8,16H,15H2,1H3. The highest BCUT2D eigenvalue weighted by Gasteiger charge is 2.07. The third-order valence-corrected chi connectivity index (χ3v) is 3.02. The first-order chi connectivity index (χ1) is 8.25. The number of H-pyrrole nitrogens is 1. The minimum atomic E-state index is 0.730. The molecule has 0 spiro atoms. The van der Waals surface area contributed by atoms with Crippen molar-refractivity contribution in [1.29, 1.82) is 0 Å². The van der Waals surface area contributed by atoms with E-state index < -0.39 is 0 Å². The van der Waals surface area contributed by atoms with E-state index in [0.29, 0.717) is 0 Å². The summed E-state index contributed by atoms with van der Waals surface area (Å²) in [5.74, 6) is 0. The second-order valence-corrected chi connectivity index (χ2v) is 4.17. The van der Waals surface area contributed by atoms with Gasteiger partial charge in [-0.25, -0.2) is 0 Å². The number of rotatable bonds is 1. The third kappa shape index (κ3) is 1.56. The van der Waals surface area contributed by atoms with Crippen molar-refractivity contribution in [2.45, 2.75) is 6.92 Å². The molecule has 0 aliphatic rings. The van der Waals surface area contributed by atoms with E-state index in [1.54, 1.807) is 6.20 Å². The van der Waals surface area contributed by atoms with Crippen LogP contribution in [0.1, 0.15) is 5.56 Å². The average molecular weight is 223 g/mol. The summed E-state index contributed by atoms with van der Waals surface area (Å²) < 4.78 is 0. The van der Waals surface area contributed by atoms with Gasteiger partial charge in [0.1, 0.15) is 0 Å². The Morgan fingerprint density at radius 2 is 2.06 bits per heavy atom. The smallest absolute Gasteiger partial charge is 0.0727 e. The van der Waals surface area contributed by atoms with Crippen molar-refractivity contribution in [3.05, 3.63) is 48.3 Å². The fourth-order valence-corrected chi connectivity index (χ4v) is 2.00. The van der Waals surface area contributed by atoms with Gasteiger partial charge in [0.15, 0.2) is 0 Å². The summed E-state index contributed by atoms with van der Waals surface area (Å²) in [6.45, 7) is 2.00. The second kappa shape index (κ2) is 3.63. The van der Waals surface area contributed by atoms with Gasteiger partial charge in [-0.3, -0.25) is 4.98 Å². The summed E-state index contributed by atoms with van der Waals surface area (Å²) >= 11 is 0. The van der Waals surface area contributed by atoms with E-state index in [1.807, 2.05) is 31.3 Å². The Bertz CT molecular complexity index is 683. The lowest BCUT2D eigenvalue weighted by molar-refractivity contribution is 1.29. The molecular weight excluding hydrogens is 210 g/mol. The van der Waals surface area contributed by atoms with Crippen LogP contribution in [0.5, 0.6) is 0 Å². The van der Waals surface area contributed by atoms with Gasteiger partial charge in [0.2, 0.25) is 0 Å². The first kappa shape index (κ1) is 9.90. The fourth-order valence-electron chi connectivity index (χ4n) is 2.00. The molecule has 0 saturated carbocycles. The normalized spacial score (nSPS) is 10.9. The monoisotopic (exact) mass is 223 g/mol. The van der Waals surface area contributed by atoms with Gasteiger partial charge < -0.3 is 10.7 Å². The topological polar surface area (TPSA) is 54.7 Å². The molecule has 0 aliphatic carbocycles. The maximum Gasteiger partial charge on any atom is 0.0727 e. The van der Waals surface area contributed by atoms with Crippen LogP contribution in [0.15, 0.2) is 42.7 Å². The van der Waals surface area contributed by atoms with Crippen molar-refractivity contribution in [2.75, 3.05) is 5.73 Å². The lowest BCUT2D eigenvalue weighted by atomic mass is 10.1. The predicted molar refractivity (Wildman–Crippen MR) is 70.7 cm³/mol. The van der Waals surface area contributed by atoms with Crippen molar-refractivity contribution in [1.82, 2.24) is 9.97 Å². The second-order valence-electron chi connectivity index (χ2n) is 4.17. The Balaban J connectivity index is 2.24. The zero-order chi connectivity index (χ0) is 11.8. The molecule has 0 saturated heterocycles. The molecule has 0 bridgehead atoms. The molecule has 0 aliphatic heterocycles. The van der Waals surface area contributed by atoms with Gasteiger partial charge in [-0.05, 0) is 24.6 Å². The molecule has 3 nitrogen and oxygen atoms in total. The molecule has 0 amide bonds. The Morgan fingerprint density at radius 3 is 2.88 bits per heavy atom. The summed E-state index contributed by atoms with van der Waals surface area (Å²) in [7, 11) is 0. The van der Waals surface area contributed by atoms with Gasteiger partial charge in [0, 0.05) is 22.7 Å². The summed E-state index contributed by atoms with van der Waals surface area (Å²) in [4.78, 5) is 7.64. The van der Waals surface area contributed by atoms with E-state index in [2.05, 4.69) is 22.1 Å². The minimum Gasteiger partial charge on any atom is -0.397 e. The molecule has 3 heteroatoms. The molecule has 17 heavy (non-hydrogen) atoms. The third-order valence-electron chi connectivity index (χ3n) is 3.02. The molecule has 84 valence electrons. The van der Waals surface area contributed by atoms with Crippen molar-refractivity contribution < 1.29 is 0 Å². The van der Waals surface area contributed by atoms with Gasteiger partial charge in [-0.2, -0.15) is 0 Å². The molecule has 3 aromatic rings. The number of aromatic amines is 1. The number of nitrogen functional groups attached to an aromatic ring is 1. The summed E-state index contributed by atoms with van der Waals surface area (Å²) in [6.07, 6.45) is 3.70. The number of pyridine rings is 1. The lowest BCUT2D eigenvalue weighted by Gasteiger charge is -2.03. The van der Waals surface area contributed by atoms with Crippen molar-refractivity contribution in [2.24, 2.45) is 0 Å². The number of hydrogen-bond acceptors (Lipinski definition) is 2. The number of anilines is 1. The van der Waals surface area contributed by atoms with E-state index >= 15 is 0 Å². The number of aromatic nitrogens is 2. The van der Waals surface area contributed by atoms with Crippen LogP contribution in [0.4, 0.5) is 5.69 Å². The van der Waals surface area contributed by atoms with Crippen LogP contribution in [0, 0.1) is 6.92 Å². The Morgan fingerprint density at radius 1 is 1.24 bits per heavy atom. The van der Waals surface area contributed by atoms with E-state index in [1.165, 1.54) is 5.39 Å². The molecular formula is C14H13N3. The number of nitrogens with two attached hydrogens (primary N) is 1. The van der Waals surface area contributed by atoms with E-state index in [-0.39, 0.29) is 0 Å². The first-order valence-corrected chi connectivity index (χ1v) is 5.54. The number of nitrogens with zero attached hydrogens (tertiary/aromatic N) is 1. The molecule has 0 radical (unpaired) electrons. The summed E-state index contributed by atoms with van der Waals surface area (Å²) in [5, 5.41) is 1.18. The molecule has 0 atom stereocenters. The van der Waals surface area contributed by atoms with Crippen LogP contribution in [-0.4, -0.2) is 9.97 Å². The highest BCUT2D eigenvalue weighted by Crippen LogP contribution is 2.28. The highest BCUT2D eigenvalue weighted by molar-refractivity contribution is 5.94. The number of aryl methyl sites for hydroxylation is 1. The van der Waals surface area contributed by atoms with Crippen LogP contribution in [-0.2, 0) is 0 Å². The average Bonchev–Trinajstić information content (AvgIpc) is 2.76. The van der Waals surface area contributed by atoms with E-state index in [0.717, 1.165) is 28.0 Å². The summed E-state index contributed by atoms with van der Waals surface area (Å²) in [6, 6.07) is 10.2. The zero-order valence-electron chi connectivity index (χ0n) is 9.57. The zero-order valence-corrected chi connectivity index (χ0v) is 9.57. The molecule has 0 unspecified atom stereocenters. The largest absolute Gasteiger partial charge is 0.397 e. The molecule has 2 heterocycles. The Hall–Kier alpha value is -2.29. The van der Waals surface area contributed by atoms with Gasteiger partial charge in [0.25, 0.3) is 0 Å². The maximum absolute atomic E-state index is 5.78. The minimum absolute atomic E-state index is 0.730. The maximum atomic E-state index is 5.78. The van der Waals surface area contributed by atoms with Crippen molar-refractivity contribution in [3.63, 3.8) is 0 Å². The molecule has 2 aromatic heterocycles. The fraction of sp³-hybridized carbons (Fsp3) is 0.0714. The van der Waals surface area contributed by atoms with E-state index in [4.69, 9.17) is 5.73 Å². The van der Waals surface area contributed by atoms with Crippen LogP contribution >= 0.6 is 0 Å². The van der Waals surface area contributed by atoms with Gasteiger partial charge in [-0.15, -0.1) is 0 Å². The quantitative estimate of drug-likeness (QED) is 0.666.